The van der Waals surface area contributed by atoms with Gasteiger partial charge in [0.2, 0.25) is 0 Å². The maximum absolute atomic E-state index is 12.7. The van der Waals surface area contributed by atoms with E-state index in [4.69, 9.17) is 0 Å². The molecular weight excluding hydrogens is 404 g/mol. The summed E-state index contributed by atoms with van der Waals surface area (Å²) in [4.78, 5) is 25.2. The molecule has 2 heterocycles. The Balaban J connectivity index is 1.58. The van der Waals surface area contributed by atoms with E-state index in [0.717, 1.165) is 44.1 Å². The van der Waals surface area contributed by atoms with Crippen molar-refractivity contribution in [3.05, 3.63) is 41.1 Å². The Morgan fingerprint density at radius 1 is 1.00 bits per heavy atom. The highest BCUT2D eigenvalue weighted by atomic mass is 32.2. The molecule has 30 heavy (non-hydrogen) atoms. The van der Waals surface area contributed by atoms with Crippen molar-refractivity contribution in [2.75, 3.05) is 5.32 Å². The number of carbonyl (C=O) groups excluding carboxylic acids is 2. The van der Waals surface area contributed by atoms with Crippen LogP contribution in [0.25, 0.3) is 5.69 Å². The summed E-state index contributed by atoms with van der Waals surface area (Å²) in [6.45, 7) is 1.96. The number of benzene rings is 1. The lowest BCUT2D eigenvalue weighted by atomic mass is 10.1. The Labute approximate surface area is 176 Å². The molecule has 2 aliphatic rings. The minimum absolute atomic E-state index is 0.00106. The average molecular weight is 431 g/mol. The van der Waals surface area contributed by atoms with Crippen LogP contribution in [0.5, 0.6) is 0 Å². The van der Waals surface area contributed by atoms with E-state index in [2.05, 4.69) is 15.7 Å². The van der Waals surface area contributed by atoms with Gasteiger partial charge < -0.3 is 10.6 Å². The lowest BCUT2D eigenvalue weighted by molar-refractivity contribution is -0.136. The van der Waals surface area contributed by atoms with Crippen LogP contribution in [0.2, 0.25) is 0 Å². The van der Waals surface area contributed by atoms with Crippen LogP contribution in [-0.2, 0) is 30.9 Å². The molecule has 4 rings (SSSR count). The molecule has 8 nitrogen and oxygen atoms in total. The molecule has 1 aromatic heterocycles. The van der Waals surface area contributed by atoms with Gasteiger partial charge in [-0.2, -0.15) is 5.10 Å². The van der Waals surface area contributed by atoms with Crippen LogP contribution in [0.15, 0.2) is 24.3 Å². The molecule has 0 saturated heterocycles. The molecule has 0 bridgehead atoms. The predicted octanol–water partition coefficient (Wildman–Crippen LogP) is 2.39. The number of anilines is 1. The second-order valence-electron chi connectivity index (χ2n) is 8.17. The maximum atomic E-state index is 12.7. The number of aryl methyl sites for hydroxylation is 1. The Kier molecular flexibility index (Phi) is 5.64. The van der Waals surface area contributed by atoms with Crippen LogP contribution in [0.1, 0.15) is 55.3 Å². The summed E-state index contributed by atoms with van der Waals surface area (Å²) >= 11 is 0. The number of rotatable bonds is 3. The summed E-state index contributed by atoms with van der Waals surface area (Å²) in [5.41, 5.74) is 2.61. The summed E-state index contributed by atoms with van der Waals surface area (Å²) < 4.78 is 25.6. The summed E-state index contributed by atoms with van der Waals surface area (Å²) in [7, 11) is -3.30. The van der Waals surface area contributed by atoms with Crippen LogP contribution < -0.4 is 10.6 Å². The molecule has 2 amide bonds. The number of aromatic nitrogens is 2. The first-order valence-electron chi connectivity index (χ1n) is 10.3. The number of fused-ring (bicyclic) bond motifs is 1. The SMILES string of the molecule is Cc1ccc(-n2nc3c(c2NC(=O)C(=O)NC2CCCCCC2)CS(=O)(=O)C3)cc1. The maximum Gasteiger partial charge on any atom is 0.314 e. The zero-order chi connectivity index (χ0) is 21.3. The van der Waals surface area contributed by atoms with Crippen LogP contribution >= 0.6 is 0 Å². The van der Waals surface area contributed by atoms with Crippen molar-refractivity contribution in [2.24, 2.45) is 0 Å². The van der Waals surface area contributed by atoms with E-state index < -0.39 is 21.7 Å². The molecule has 1 saturated carbocycles. The fraction of sp³-hybridized carbons (Fsp3) is 0.476. The molecule has 1 aromatic carbocycles. The first-order valence-corrected chi connectivity index (χ1v) is 12.1. The predicted molar refractivity (Wildman–Crippen MR) is 113 cm³/mol. The zero-order valence-corrected chi connectivity index (χ0v) is 17.8. The number of nitrogens with one attached hydrogen (secondary N) is 2. The molecule has 1 fully saturated rings. The lowest BCUT2D eigenvalue weighted by Crippen LogP contribution is -2.42. The van der Waals surface area contributed by atoms with E-state index in [9.17, 15) is 18.0 Å². The summed E-state index contributed by atoms with van der Waals surface area (Å²) in [5, 5.41) is 9.87. The number of hydrogen-bond acceptors (Lipinski definition) is 5. The molecule has 2 aromatic rings. The van der Waals surface area contributed by atoms with E-state index in [1.54, 1.807) is 0 Å². The van der Waals surface area contributed by atoms with Crippen molar-refractivity contribution in [3.8, 4) is 5.69 Å². The van der Waals surface area contributed by atoms with Crippen molar-refractivity contribution in [1.82, 2.24) is 15.1 Å². The molecule has 0 spiro atoms. The number of carbonyl (C=O) groups is 2. The van der Waals surface area contributed by atoms with Gasteiger partial charge in [0.25, 0.3) is 0 Å². The van der Waals surface area contributed by atoms with Gasteiger partial charge >= 0.3 is 11.8 Å². The van der Waals surface area contributed by atoms with Crippen molar-refractivity contribution in [3.63, 3.8) is 0 Å². The molecule has 1 aliphatic carbocycles. The summed E-state index contributed by atoms with van der Waals surface area (Å²) in [5.74, 6) is -1.63. The van der Waals surface area contributed by atoms with Gasteiger partial charge in [0.05, 0.1) is 22.9 Å². The molecule has 0 radical (unpaired) electrons. The van der Waals surface area contributed by atoms with Crippen LogP contribution in [0.3, 0.4) is 0 Å². The Bertz CT molecular complexity index is 1070. The molecule has 0 unspecified atom stereocenters. The largest absolute Gasteiger partial charge is 0.345 e. The number of hydrogen-bond donors (Lipinski definition) is 2. The van der Waals surface area contributed by atoms with E-state index in [0.29, 0.717) is 16.9 Å². The van der Waals surface area contributed by atoms with Gasteiger partial charge in [-0.05, 0) is 31.9 Å². The average Bonchev–Trinajstić information content (AvgIpc) is 3.03. The number of nitrogens with zero attached hydrogens (tertiary/aromatic N) is 2. The third kappa shape index (κ3) is 4.40. The van der Waals surface area contributed by atoms with Crippen molar-refractivity contribution in [1.29, 1.82) is 0 Å². The highest BCUT2D eigenvalue weighted by Crippen LogP contribution is 2.33. The first-order chi connectivity index (χ1) is 14.3. The Morgan fingerprint density at radius 3 is 2.33 bits per heavy atom. The topological polar surface area (TPSA) is 110 Å². The molecule has 0 atom stereocenters. The molecule has 160 valence electrons. The van der Waals surface area contributed by atoms with Crippen molar-refractivity contribution < 1.29 is 18.0 Å². The smallest absolute Gasteiger partial charge is 0.314 e. The normalized spacial score (nSPS) is 18.4. The third-order valence-electron chi connectivity index (χ3n) is 5.69. The van der Waals surface area contributed by atoms with Gasteiger partial charge in [0.1, 0.15) is 5.82 Å². The van der Waals surface area contributed by atoms with Crippen LogP contribution in [-0.4, -0.2) is 36.1 Å². The quantitative estimate of drug-likeness (QED) is 0.574. The standard InChI is InChI=1S/C21H26N4O4S/c1-14-8-10-16(11-9-14)25-19(17-12-30(28,29)13-18(17)24-25)23-21(27)20(26)22-15-6-4-2-3-5-7-15/h8-11,15H,2-7,12-13H2,1H3,(H,22,26)(H,23,27). The fourth-order valence-electron chi connectivity index (χ4n) is 4.08. The summed E-state index contributed by atoms with van der Waals surface area (Å²) in [6, 6.07) is 7.49. The van der Waals surface area contributed by atoms with Gasteiger partial charge in [-0.25, -0.2) is 13.1 Å². The molecular formula is C21H26N4O4S. The van der Waals surface area contributed by atoms with Gasteiger partial charge in [-0.1, -0.05) is 43.4 Å². The first kappa shape index (κ1) is 20.6. The lowest BCUT2D eigenvalue weighted by Gasteiger charge is -2.16. The second kappa shape index (κ2) is 8.22. The van der Waals surface area contributed by atoms with Gasteiger partial charge in [0, 0.05) is 11.6 Å². The minimum atomic E-state index is -3.30. The molecule has 9 heteroatoms. The van der Waals surface area contributed by atoms with Crippen molar-refractivity contribution >= 4 is 27.5 Å². The molecule has 1 aliphatic heterocycles. The van der Waals surface area contributed by atoms with Gasteiger partial charge in [-0.15, -0.1) is 0 Å². The monoisotopic (exact) mass is 430 g/mol. The van der Waals surface area contributed by atoms with E-state index in [-0.39, 0.29) is 23.4 Å². The van der Waals surface area contributed by atoms with E-state index in [1.807, 2.05) is 31.2 Å². The third-order valence-corrected chi connectivity index (χ3v) is 7.14. The Hall–Kier alpha value is -2.68. The highest BCUT2D eigenvalue weighted by molar-refractivity contribution is 7.90. The summed E-state index contributed by atoms with van der Waals surface area (Å²) in [6.07, 6.45) is 6.11. The number of amides is 2. The van der Waals surface area contributed by atoms with Crippen molar-refractivity contribution in [2.45, 2.75) is 63.0 Å². The molecule has 2 N–H and O–H groups in total. The zero-order valence-electron chi connectivity index (χ0n) is 17.0. The van der Waals surface area contributed by atoms with Gasteiger partial charge in [-0.3, -0.25) is 9.59 Å². The van der Waals surface area contributed by atoms with E-state index in [1.165, 1.54) is 4.68 Å². The highest BCUT2D eigenvalue weighted by Gasteiger charge is 2.34. The Morgan fingerprint density at radius 2 is 1.67 bits per heavy atom. The van der Waals surface area contributed by atoms with Crippen LogP contribution in [0, 0.1) is 6.92 Å². The van der Waals surface area contributed by atoms with Crippen LogP contribution in [0.4, 0.5) is 5.82 Å². The fourth-order valence-corrected chi connectivity index (χ4v) is 5.58. The van der Waals surface area contributed by atoms with Gasteiger partial charge in [0.15, 0.2) is 9.84 Å². The second-order valence-corrected chi connectivity index (χ2v) is 10.2. The number of sulfone groups is 1. The van der Waals surface area contributed by atoms with E-state index >= 15 is 0 Å². The minimum Gasteiger partial charge on any atom is -0.345 e.